The van der Waals surface area contributed by atoms with E-state index in [0.717, 1.165) is 25.7 Å². The maximum Gasteiger partial charge on any atom is 0.327 e. The lowest BCUT2D eigenvalue weighted by molar-refractivity contribution is -0.147. The first-order valence-corrected chi connectivity index (χ1v) is 7.09. The fourth-order valence-electron chi connectivity index (χ4n) is 1.46. The molecular formula is C14H27N3O5. The highest BCUT2D eigenvalue weighted by Gasteiger charge is 2.13. The van der Waals surface area contributed by atoms with Crippen molar-refractivity contribution in [3.05, 3.63) is 12.2 Å². The molecule has 0 aromatic rings. The van der Waals surface area contributed by atoms with Crippen LogP contribution in [0, 0.1) is 0 Å². The van der Waals surface area contributed by atoms with Gasteiger partial charge >= 0.3 is 5.97 Å². The van der Waals surface area contributed by atoms with Crippen molar-refractivity contribution in [2.24, 2.45) is 5.84 Å². The third-order valence-electron chi connectivity index (χ3n) is 2.44. The Labute approximate surface area is 131 Å². The molecule has 0 aromatic heterocycles. The SMILES string of the molecule is CCCN(CC)C(=O)/C=C/C(=O)N(N)CC(=O)OCC.CO. The maximum absolute atomic E-state index is 11.8. The van der Waals surface area contributed by atoms with Crippen LogP contribution in [0.2, 0.25) is 0 Å². The molecule has 22 heavy (non-hydrogen) atoms. The molecule has 0 radical (unpaired) electrons. The fraction of sp³-hybridized carbons (Fsp3) is 0.643. The molecule has 0 atom stereocenters. The summed E-state index contributed by atoms with van der Waals surface area (Å²) in [6, 6.07) is 0. The molecule has 3 N–H and O–H groups in total. The number of ether oxygens (including phenoxy) is 1. The average molecular weight is 317 g/mol. The molecule has 0 aromatic carbocycles. The third-order valence-corrected chi connectivity index (χ3v) is 2.44. The van der Waals surface area contributed by atoms with Crippen molar-refractivity contribution in [2.75, 3.05) is 33.4 Å². The van der Waals surface area contributed by atoms with Crippen LogP contribution in [-0.4, -0.2) is 66.1 Å². The molecule has 0 heterocycles. The van der Waals surface area contributed by atoms with Gasteiger partial charge in [-0.25, -0.2) is 5.84 Å². The largest absolute Gasteiger partial charge is 0.465 e. The summed E-state index contributed by atoms with van der Waals surface area (Å²) in [5.74, 6) is 3.93. The van der Waals surface area contributed by atoms with Crippen LogP contribution < -0.4 is 5.84 Å². The van der Waals surface area contributed by atoms with Gasteiger partial charge in [0.25, 0.3) is 5.91 Å². The normalized spacial score (nSPS) is 9.73. The number of likely N-dealkylation sites (N-methyl/N-ethyl adjacent to an activating group) is 1. The Morgan fingerprint density at radius 3 is 2.09 bits per heavy atom. The molecule has 0 saturated carbocycles. The third kappa shape index (κ3) is 9.89. The van der Waals surface area contributed by atoms with E-state index >= 15 is 0 Å². The van der Waals surface area contributed by atoms with Gasteiger partial charge in [-0.05, 0) is 20.3 Å². The summed E-state index contributed by atoms with van der Waals surface area (Å²) in [5.41, 5.74) is 0. The lowest BCUT2D eigenvalue weighted by Gasteiger charge is -2.18. The summed E-state index contributed by atoms with van der Waals surface area (Å²) >= 11 is 0. The highest BCUT2D eigenvalue weighted by molar-refractivity contribution is 5.97. The van der Waals surface area contributed by atoms with Crippen LogP contribution in [0.15, 0.2) is 12.2 Å². The topological polar surface area (TPSA) is 113 Å². The van der Waals surface area contributed by atoms with Crippen LogP contribution in [0.1, 0.15) is 27.2 Å². The van der Waals surface area contributed by atoms with E-state index in [2.05, 4.69) is 4.74 Å². The molecule has 0 unspecified atom stereocenters. The van der Waals surface area contributed by atoms with Gasteiger partial charge in [-0.1, -0.05) is 6.92 Å². The molecule has 8 heteroatoms. The van der Waals surface area contributed by atoms with Crippen LogP contribution in [0.4, 0.5) is 0 Å². The smallest absolute Gasteiger partial charge is 0.327 e. The van der Waals surface area contributed by atoms with E-state index in [1.165, 1.54) is 0 Å². The zero-order valence-corrected chi connectivity index (χ0v) is 13.7. The van der Waals surface area contributed by atoms with Gasteiger partial charge in [0.1, 0.15) is 6.54 Å². The van der Waals surface area contributed by atoms with Gasteiger partial charge in [-0.15, -0.1) is 0 Å². The number of amides is 2. The second kappa shape index (κ2) is 14.0. The Balaban J connectivity index is 0. The molecule has 0 spiro atoms. The molecule has 0 saturated heterocycles. The van der Waals surface area contributed by atoms with E-state index in [0.29, 0.717) is 18.1 Å². The van der Waals surface area contributed by atoms with Gasteiger partial charge in [0, 0.05) is 32.4 Å². The molecule has 2 amide bonds. The van der Waals surface area contributed by atoms with Crippen LogP contribution in [0.3, 0.4) is 0 Å². The summed E-state index contributed by atoms with van der Waals surface area (Å²) < 4.78 is 4.66. The van der Waals surface area contributed by atoms with Gasteiger partial charge in [0.05, 0.1) is 6.61 Å². The molecule has 0 aliphatic heterocycles. The summed E-state index contributed by atoms with van der Waals surface area (Å²) in [5, 5.41) is 7.71. The predicted octanol–water partition coefficient (Wildman–Crippen LogP) is -0.325. The average Bonchev–Trinajstić information content (AvgIpc) is 2.51. The minimum Gasteiger partial charge on any atom is -0.465 e. The van der Waals surface area contributed by atoms with Gasteiger partial charge in [0.2, 0.25) is 5.91 Å². The predicted molar refractivity (Wildman–Crippen MR) is 82.4 cm³/mol. The summed E-state index contributed by atoms with van der Waals surface area (Å²) in [4.78, 5) is 36.1. The molecule has 0 aliphatic rings. The monoisotopic (exact) mass is 317 g/mol. The lowest BCUT2D eigenvalue weighted by Crippen LogP contribution is -2.41. The van der Waals surface area contributed by atoms with Gasteiger partial charge in [-0.3, -0.25) is 19.4 Å². The van der Waals surface area contributed by atoms with Gasteiger partial charge in [0.15, 0.2) is 0 Å². The molecule has 0 fully saturated rings. The second-order valence-corrected chi connectivity index (χ2v) is 4.02. The number of hydrazine groups is 1. The fourth-order valence-corrected chi connectivity index (χ4v) is 1.46. The van der Waals surface area contributed by atoms with E-state index in [4.69, 9.17) is 10.9 Å². The number of rotatable bonds is 8. The standard InChI is InChI=1S/C13H23N3O4.CH4O/c1-4-9-15(5-2)11(17)7-8-12(18)16(14)10-13(19)20-6-3;1-2/h7-8H,4-6,9-10,14H2,1-3H3;2H,1H3/b8-7+;. The van der Waals surface area contributed by atoms with Crippen LogP contribution in [0.5, 0.6) is 0 Å². The molecule has 0 aliphatic carbocycles. The quantitative estimate of drug-likeness (QED) is 0.208. The number of nitrogens with zero attached hydrogens (tertiary/aromatic N) is 2. The number of aliphatic hydroxyl groups is 1. The summed E-state index contributed by atoms with van der Waals surface area (Å²) in [6.45, 7) is 6.55. The highest BCUT2D eigenvalue weighted by Crippen LogP contribution is 1.95. The maximum atomic E-state index is 11.8. The highest BCUT2D eigenvalue weighted by atomic mass is 16.5. The summed E-state index contributed by atoms with van der Waals surface area (Å²) in [6.07, 6.45) is 3.06. The van der Waals surface area contributed by atoms with Crippen molar-refractivity contribution in [3.8, 4) is 0 Å². The number of carbonyl (C=O) groups is 3. The molecule has 0 bridgehead atoms. The van der Waals surface area contributed by atoms with Crippen molar-refractivity contribution in [1.29, 1.82) is 0 Å². The van der Waals surface area contributed by atoms with E-state index in [1.54, 1.807) is 11.8 Å². The zero-order valence-electron chi connectivity index (χ0n) is 13.7. The molecule has 0 rings (SSSR count). The van der Waals surface area contributed by atoms with Crippen molar-refractivity contribution in [1.82, 2.24) is 9.91 Å². The number of hydrogen-bond donors (Lipinski definition) is 2. The number of nitrogens with two attached hydrogens (primary N) is 1. The van der Waals surface area contributed by atoms with Crippen LogP contribution >= 0.6 is 0 Å². The van der Waals surface area contributed by atoms with Crippen LogP contribution in [0.25, 0.3) is 0 Å². The minimum absolute atomic E-state index is 0.220. The van der Waals surface area contributed by atoms with Gasteiger partial charge < -0.3 is 14.7 Å². The number of hydrogen-bond acceptors (Lipinski definition) is 6. The Bertz CT molecular complexity index is 371. The van der Waals surface area contributed by atoms with E-state index in [9.17, 15) is 14.4 Å². The lowest BCUT2D eigenvalue weighted by atomic mass is 10.3. The van der Waals surface area contributed by atoms with Crippen LogP contribution in [-0.2, 0) is 19.1 Å². The van der Waals surface area contributed by atoms with Crippen molar-refractivity contribution < 1.29 is 24.2 Å². The Morgan fingerprint density at radius 1 is 1.09 bits per heavy atom. The number of aliphatic hydroxyl groups excluding tert-OH is 1. The summed E-state index contributed by atoms with van der Waals surface area (Å²) in [7, 11) is 1.00. The zero-order chi connectivity index (χ0) is 17.5. The van der Waals surface area contributed by atoms with Crippen molar-refractivity contribution in [2.45, 2.75) is 27.2 Å². The molecule has 128 valence electrons. The Morgan fingerprint density at radius 2 is 1.64 bits per heavy atom. The molecular weight excluding hydrogens is 290 g/mol. The Kier molecular flexibility index (Phi) is 14.3. The van der Waals surface area contributed by atoms with E-state index < -0.39 is 11.9 Å². The Hall–Kier alpha value is -1.93. The van der Waals surface area contributed by atoms with Crippen molar-refractivity contribution in [3.63, 3.8) is 0 Å². The first kappa shape index (κ1) is 22.4. The van der Waals surface area contributed by atoms with E-state index in [-0.39, 0.29) is 19.1 Å². The number of esters is 1. The number of carbonyl (C=O) groups excluding carboxylic acids is 3. The van der Waals surface area contributed by atoms with Crippen molar-refractivity contribution >= 4 is 17.8 Å². The van der Waals surface area contributed by atoms with Gasteiger partial charge in [-0.2, -0.15) is 0 Å². The van der Waals surface area contributed by atoms with E-state index in [1.807, 2.05) is 13.8 Å². The second-order valence-electron chi connectivity index (χ2n) is 4.02. The minimum atomic E-state index is -0.626. The first-order valence-electron chi connectivity index (χ1n) is 7.09. The molecule has 8 nitrogen and oxygen atoms in total. The first-order chi connectivity index (χ1) is 10.5.